The molecule has 1 saturated carbocycles. The van der Waals surface area contributed by atoms with Crippen LogP contribution in [-0.4, -0.2) is 23.5 Å². The molecule has 0 amide bonds. The highest BCUT2D eigenvalue weighted by Gasteiger charge is 2.39. The lowest BCUT2D eigenvalue weighted by molar-refractivity contribution is 0.119. The van der Waals surface area contributed by atoms with Gasteiger partial charge in [-0.15, -0.1) is 0 Å². The van der Waals surface area contributed by atoms with E-state index in [1.165, 1.54) is 25.3 Å². The molecule has 2 atom stereocenters. The Kier molecular flexibility index (Phi) is 2.89. The van der Waals surface area contributed by atoms with Crippen LogP contribution in [0.15, 0.2) is 24.3 Å². The fraction of sp³-hybridized carbons (Fsp3) is 0.571. The van der Waals surface area contributed by atoms with E-state index in [0.29, 0.717) is 6.04 Å². The molecule has 92 valence electrons. The van der Waals surface area contributed by atoms with E-state index in [1.54, 1.807) is 12.1 Å². The van der Waals surface area contributed by atoms with E-state index in [4.69, 9.17) is 5.73 Å². The summed E-state index contributed by atoms with van der Waals surface area (Å²) in [4.78, 5) is 2.49. The van der Waals surface area contributed by atoms with Gasteiger partial charge in [-0.2, -0.15) is 0 Å². The van der Waals surface area contributed by atoms with Crippen molar-refractivity contribution in [3.05, 3.63) is 35.6 Å². The van der Waals surface area contributed by atoms with Crippen LogP contribution in [0.5, 0.6) is 0 Å². The fourth-order valence-corrected chi connectivity index (χ4v) is 3.00. The monoisotopic (exact) mass is 234 g/mol. The van der Waals surface area contributed by atoms with Gasteiger partial charge in [0.25, 0.3) is 0 Å². The summed E-state index contributed by atoms with van der Waals surface area (Å²) in [7, 11) is 0. The molecule has 2 unspecified atom stereocenters. The maximum absolute atomic E-state index is 13.3. The van der Waals surface area contributed by atoms with Crippen molar-refractivity contribution < 1.29 is 4.39 Å². The Labute approximate surface area is 102 Å². The Morgan fingerprint density at radius 3 is 2.76 bits per heavy atom. The summed E-state index contributed by atoms with van der Waals surface area (Å²) in [6.45, 7) is 1.11. The number of hydrogen-bond donors (Lipinski definition) is 1. The van der Waals surface area contributed by atoms with E-state index in [2.05, 4.69) is 4.90 Å². The molecule has 1 aromatic carbocycles. The van der Waals surface area contributed by atoms with Crippen LogP contribution in [0.3, 0.4) is 0 Å². The standard InChI is InChI=1S/C14H19FN2/c15-11-4-1-3-10(9-11)14-13(16)5-2-8-17(14)12-6-7-12/h1,3-4,9,12-14H,2,5-8,16H2. The molecular weight excluding hydrogens is 215 g/mol. The van der Waals surface area contributed by atoms with E-state index in [9.17, 15) is 4.39 Å². The lowest BCUT2D eigenvalue weighted by Gasteiger charge is -2.40. The Balaban J connectivity index is 1.90. The van der Waals surface area contributed by atoms with Crippen molar-refractivity contribution in [1.29, 1.82) is 0 Å². The molecule has 3 rings (SSSR count). The summed E-state index contributed by atoms with van der Waals surface area (Å²) in [5.41, 5.74) is 7.30. The number of rotatable bonds is 2. The van der Waals surface area contributed by atoms with Crippen LogP contribution in [0, 0.1) is 5.82 Å². The van der Waals surface area contributed by atoms with Crippen LogP contribution in [0.25, 0.3) is 0 Å². The largest absolute Gasteiger partial charge is 0.326 e. The second-order valence-electron chi connectivity index (χ2n) is 5.27. The zero-order valence-electron chi connectivity index (χ0n) is 9.98. The summed E-state index contributed by atoms with van der Waals surface area (Å²) < 4.78 is 13.3. The van der Waals surface area contributed by atoms with Gasteiger partial charge >= 0.3 is 0 Å². The first kappa shape index (κ1) is 11.2. The highest BCUT2D eigenvalue weighted by Crippen LogP contribution is 2.39. The van der Waals surface area contributed by atoms with Gasteiger partial charge in [-0.3, -0.25) is 4.90 Å². The molecule has 2 fully saturated rings. The van der Waals surface area contributed by atoms with Crippen molar-refractivity contribution >= 4 is 0 Å². The summed E-state index contributed by atoms with van der Waals surface area (Å²) in [6, 6.07) is 7.99. The Morgan fingerprint density at radius 1 is 1.24 bits per heavy atom. The number of nitrogens with two attached hydrogens (primary N) is 1. The van der Waals surface area contributed by atoms with Gasteiger partial charge in [0.05, 0.1) is 6.04 Å². The Hall–Kier alpha value is -0.930. The molecule has 3 heteroatoms. The molecule has 17 heavy (non-hydrogen) atoms. The molecule has 1 saturated heterocycles. The van der Waals surface area contributed by atoms with E-state index in [-0.39, 0.29) is 17.9 Å². The molecule has 1 aliphatic carbocycles. The summed E-state index contributed by atoms with van der Waals surface area (Å²) in [6.07, 6.45) is 4.77. The predicted octanol–water partition coefficient (Wildman–Crippen LogP) is 2.45. The Morgan fingerprint density at radius 2 is 2.06 bits per heavy atom. The smallest absolute Gasteiger partial charge is 0.123 e. The maximum Gasteiger partial charge on any atom is 0.123 e. The van der Waals surface area contributed by atoms with Crippen molar-refractivity contribution in [2.45, 2.75) is 43.8 Å². The molecule has 2 N–H and O–H groups in total. The van der Waals surface area contributed by atoms with Crippen molar-refractivity contribution in [1.82, 2.24) is 4.90 Å². The quantitative estimate of drug-likeness (QED) is 0.851. The normalized spacial score (nSPS) is 30.5. The van der Waals surface area contributed by atoms with Gasteiger partial charge in [-0.25, -0.2) is 4.39 Å². The first-order chi connectivity index (χ1) is 8.25. The van der Waals surface area contributed by atoms with Crippen LogP contribution in [0.2, 0.25) is 0 Å². The lowest BCUT2D eigenvalue weighted by Crippen LogP contribution is -2.46. The van der Waals surface area contributed by atoms with E-state index < -0.39 is 0 Å². The minimum absolute atomic E-state index is 0.145. The molecule has 2 aliphatic rings. The number of benzene rings is 1. The average molecular weight is 234 g/mol. The number of likely N-dealkylation sites (tertiary alicyclic amines) is 1. The van der Waals surface area contributed by atoms with Gasteiger partial charge < -0.3 is 5.73 Å². The third kappa shape index (κ3) is 2.22. The zero-order valence-corrected chi connectivity index (χ0v) is 9.98. The number of halogens is 1. The van der Waals surface area contributed by atoms with Crippen molar-refractivity contribution in [3.63, 3.8) is 0 Å². The molecule has 1 aliphatic heterocycles. The third-order valence-corrected chi connectivity index (χ3v) is 3.92. The topological polar surface area (TPSA) is 29.3 Å². The van der Waals surface area contributed by atoms with E-state index in [1.807, 2.05) is 6.07 Å². The van der Waals surface area contributed by atoms with Gasteiger partial charge in [0.2, 0.25) is 0 Å². The third-order valence-electron chi connectivity index (χ3n) is 3.92. The zero-order chi connectivity index (χ0) is 11.8. The highest BCUT2D eigenvalue weighted by molar-refractivity contribution is 5.23. The van der Waals surface area contributed by atoms with Crippen molar-refractivity contribution in [3.8, 4) is 0 Å². The van der Waals surface area contributed by atoms with Crippen LogP contribution < -0.4 is 5.73 Å². The van der Waals surface area contributed by atoms with Gasteiger partial charge in [0, 0.05) is 12.1 Å². The molecule has 1 heterocycles. The second-order valence-corrected chi connectivity index (χ2v) is 5.27. The van der Waals surface area contributed by atoms with E-state index >= 15 is 0 Å². The molecule has 2 nitrogen and oxygen atoms in total. The first-order valence-corrected chi connectivity index (χ1v) is 6.52. The number of nitrogens with zero attached hydrogens (tertiary/aromatic N) is 1. The van der Waals surface area contributed by atoms with Crippen LogP contribution in [-0.2, 0) is 0 Å². The fourth-order valence-electron chi connectivity index (χ4n) is 3.00. The maximum atomic E-state index is 13.3. The summed E-state index contributed by atoms with van der Waals surface area (Å²) in [5.74, 6) is -0.156. The predicted molar refractivity (Wildman–Crippen MR) is 66.1 cm³/mol. The van der Waals surface area contributed by atoms with E-state index in [0.717, 1.165) is 18.5 Å². The van der Waals surface area contributed by atoms with Gasteiger partial charge in [-0.1, -0.05) is 12.1 Å². The average Bonchev–Trinajstić information content (AvgIpc) is 3.12. The first-order valence-electron chi connectivity index (χ1n) is 6.52. The minimum atomic E-state index is -0.156. The van der Waals surface area contributed by atoms with Crippen LogP contribution in [0.4, 0.5) is 4.39 Å². The molecule has 0 bridgehead atoms. The molecule has 0 spiro atoms. The van der Waals surface area contributed by atoms with Crippen LogP contribution >= 0.6 is 0 Å². The van der Waals surface area contributed by atoms with Gasteiger partial charge in [0.15, 0.2) is 0 Å². The number of piperidine rings is 1. The lowest BCUT2D eigenvalue weighted by atomic mass is 9.90. The second kappa shape index (κ2) is 4.39. The molecular formula is C14H19FN2. The SMILES string of the molecule is NC1CCCN(C2CC2)C1c1cccc(F)c1. The minimum Gasteiger partial charge on any atom is -0.326 e. The van der Waals surface area contributed by atoms with Gasteiger partial charge in [0.1, 0.15) is 5.82 Å². The Bertz CT molecular complexity index is 403. The number of hydrogen-bond acceptors (Lipinski definition) is 2. The molecule has 0 radical (unpaired) electrons. The van der Waals surface area contributed by atoms with Crippen LogP contribution in [0.1, 0.15) is 37.3 Å². The molecule has 0 aromatic heterocycles. The summed E-state index contributed by atoms with van der Waals surface area (Å²) >= 11 is 0. The van der Waals surface area contributed by atoms with Gasteiger partial charge in [-0.05, 0) is 49.9 Å². The summed E-state index contributed by atoms with van der Waals surface area (Å²) in [5, 5.41) is 0. The molecule has 1 aromatic rings. The van der Waals surface area contributed by atoms with Crippen molar-refractivity contribution in [2.75, 3.05) is 6.54 Å². The van der Waals surface area contributed by atoms with Crippen molar-refractivity contribution in [2.24, 2.45) is 5.73 Å². The highest BCUT2D eigenvalue weighted by atomic mass is 19.1.